The van der Waals surface area contributed by atoms with Crippen molar-refractivity contribution in [1.82, 2.24) is 0 Å². The molecule has 56 valence electrons. The van der Waals surface area contributed by atoms with E-state index in [0.717, 1.165) is 5.75 Å². The molecule has 0 aliphatic carbocycles. The average Bonchev–Trinajstić information content (AvgIpc) is 1.98. The van der Waals surface area contributed by atoms with Gasteiger partial charge in [0.2, 0.25) is 0 Å². The van der Waals surface area contributed by atoms with Crippen LogP contribution >= 0.6 is 11.8 Å². The van der Waals surface area contributed by atoms with E-state index in [9.17, 15) is 0 Å². The van der Waals surface area contributed by atoms with Crippen molar-refractivity contribution >= 4 is 18.5 Å². The topological polar surface area (TPSA) is 12.4 Å². The molecule has 0 bridgehead atoms. The summed E-state index contributed by atoms with van der Waals surface area (Å²) >= 11 is 1.80. The van der Waals surface area contributed by atoms with Gasteiger partial charge in [-0.15, -0.1) is 0 Å². The molecular weight excluding hydrogens is 142 g/mol. The van der Waals surface area contributed by atoms with Crippen LogP contribution in [0.3, 0.4) is 0 Å². The molecule has 0 saturated heterocycles. The van der Waals surface area contributed by atoms with Crippen molar-refractivity contribution in [3.63, 3.8) is 0 Å². The molecular formula is C8H13NS. The molecule has 0 aromatic heterocycles. The Morgan fingerprint density at radius 1 is 1.70 bits per heavy atom. The van der Waals surface area contributed by atoms with Crippen LogP contribution in [0.4, 0.5) is 0 Å². The van der Waals surface area contributed by atoms with Crippen molar-refractivity contribution in [1.29, 1.82) is 0 Å². The van der Waals surface area contributed by atoms with Crippen LogP contribution in [0.1, 0.15) is 6.92 Å². The molecule has 0 aliphatic rings. The molecule has 0 rings (SSSR count). The van der Waals surface area contributed by atoms with Gasteiger partial charge in [0.1, 0.15) is 0 Å². The molecule has 2 heteroatoms. The van der Waals surface area contributed by atoms with Crippen LogP contribution in [-0.4, -0.2) is 18.7 Å². The molecule has 0 amide bonds. The summed E-state index contributed by atoms with van der Waals surface area (Å²) in [5, 5.41) is 0. The molecule has 0 aromatic carbocycles. The van der Waals surface area contributed by atoms with Gasteiger partial charge in [-0.1, -0.05) is 6.08 Å². The van der Waals surface area contributed by atoms with Crippen molar-refractivity contribution in [3.05, 3.63) is 23.9 Å². The molecule has 0 fully saturated rings. The van der Waals surface area contributed by atoms with E-state index in [1.54, 1.807) is 18.0 Å². The predicted octanol–water partition coefficient (Wildman–Crippen LogP) is 2.51. The molecule has 0 saturated carbocycles. The maximum absolute atomic E-state index is 3.63. The molecule has 0 radical (unpaired) electrons. The van der Waals surface area contributed by atoms with Gasteiger partial charge in [0.25, 0.3) is 0 Å². The van der Waals surface area contributed by atoms with E-state index in [4.69, 9.17) is 0 Å². The predicted molar refractivity (Wildman–Crippen MR) is 50.8 cm³/mol. The zero-order valence-electron chi connectivity index (χ0n) is 6.50. The Hall–Kier alpha value is -0.500. The van der Waals surface area contributed by atoms with Gasteiger partial charge in [0.15, 0.2) is 0 Å². The van der Waals surface area contributed by atoms with Crippen LogP contribution in [0.2, 0.25) is 0 Å². The molecule has 0 aliphatic heterocycles. The van der Waals surface area contributed by atoms with Crippen molar-refractivity contribution in [2.75, 3.05) is 12.0 Å². The number of hydrogen-bond donors (Lipinski definition) is 0. The van der Waals surface area contributed by atoms with E-state index < -0.39 is 0 Å². The summed E-state index contributed by atoms with van der Waals surface area (Å²) in [6.45, 7) is 5.38. The molecule has 10 heavy (non-hydrogen) atoms. The number of rotatable bonds is 4. The summed E-state index contributed by atoms with van der Waals surface area (Å²) in [6.07, 6.45) is 7.85. The Morgan fingerprint density at radius 3 is 2.80 bits per heavy atom. The minimum absolute atomic E-state index is 1.04. The zero-order chi connectivity index (χ0) is 7.82. The Morgan fingerprint density at radius 2 is 2.40 bits per heavy atom. The first kappa shape index (κ1) is 9.50. The fraction of sp³-hybridized carbons (Fsp3) is 0.375. The number of hydrogen-bond acceptors (Lipinski definition) is 2. The lowest BCUT2D eigenvalue weighted by molar-refractivity contribution is 1.46. The average molecular weight is 155 g/mol. The summed E-state index contributed by atoms with van der Waals surface area (Å²) in [5.74, 6) is 1.04. The Bertz CT molecular complexity index is 147. The second-order valence-electron chi connectivity index (χ2n) is 1.79. The highest BCUT2D eigenvalue weighted by atomic mass is 32.2. The fourth-order valence-electron chi connectivity index (χ4n) is 0.543. The lowest BCUT2D eigenvalue weighted by atomic mass is 10.3. The fourth-order valence-corrected chi connectivity index (χ4v) is 1.14. The highest BCUT2D eigenvalue weighted by molar-refractivity contribution is 7.98. The first-order chi connectivity index (χ1) is 4.85. The maximum Gasteiger partial charge on any atom is 0.0263 e. The van der Waals surface area contributed by atoms with E-state index in [1.807, 2.05) is 13.0 Å². The minimum atomic E-state index is 1.04. The highest BCUT2D eigenvalue weighted by Crippen LogP contribution is 2.04. The monoisotopic (exact) mass is 155 g/mol. The van der Waals surface area contributed by atoms with E-state index in [0.29, 0.717) is 0 Å². The van der Waals surface area contributed by atoms with Crippen LogP contribution < -0.4 is 0 Å². The van der Waals surface area contributed by atoms with Gasteiger partial charge in [-0.05, 0) is 31.5 Å². The molecule has 0 aromatic rings. The Balaban J connectivity index is 3.84. The smallest absolute Gasteiger partial charge is 0.0263 e. The van der Waals surface area contributed by atoms with Gasteiger partial charge in [0.05, 0.1) is 0 Å². The molecule has 0 N–H and O–H groups in total. The number of thioether (sulfide) groups is 1. The van der Waals surface area contributed by atoms with Crippen LogP contribution in [0, 0.1) is 0 Å². The normalized spacial score (nSPS) is 12.4. The highest BCUT2D eigenvalue weighted by Gasteiger charge is 1.85. The summed E-state index contributed by atoms with van der Waals surface area (Å²) in [5.41, 5.74) is 1.29. The maximum atomic E-state index is 3.63. The number of nitrogens with zero attached hydrogens (tertiary/aromatic N) is 1. The van der Waals surface area contributed by atoms with Gasteiger partial charge in [-0.25, -0.2) is 0 Å². The van der Waals surface area contributed by atoms with E-state index in [-0.39, 0.29) is 0 Å². The van der Waals surface area contributed by atoms with Gasteiger partial charge >= 0.3 is 0 Å². The minimum Gasteiger partial charge on any atom is -0.273 e. The number of aliphatic imine (C=N–C) groups is 1. The van der Waals surface area contributed by atoms with Crippen molar-refractivity contribution < 1.29 is 0 Å². The van der Waals surface area contributed by atoms with Crippen molar-refractivity contribution in [3.8, 4) is 0 Å². The lowest BCUT2D eigenvalue weighted by Crippen LogP contribution is -1.79. The van der Waals surface area contributed by atoms with Crippen LogP contribution in [0.5, 0.6) is 0 Å². The summed E-state index contributed by atoms with van der Waals surface area (Å²) in [4.78, 5) is 3.63. The first-order valence-electron chi connectivity index (χ1n) is 3.11. The molecule has 0 unspecified atom stereocenters. The third-order valence-corrected chi connectivity index (χ3v) is 1.70. The summed E-state index contributed by atoms with van der Waals surface area (Å²) in [6, 6.07) is 0. The third kappa shape index (κ3) is 4.39. The standard InChI is InChI=1S/C8H13NS/c1-4-8(7-10-3)5-6-9-2/h4-6H,2,7H2,1,3H3/b6-5-,8-4+. The van der Waals surface area contributed by atoms with Crippen LogP contribution in [0.25, 0.3) is 0 Å². The van der Waals surface area contributed by atoms with Crippen LogP contribution in [-0.2, 0) is 0 Å². The van der Waals surface area contributed by atoms with Gasteiger partial charge in [0, 0.05) is 12.0 Å². The third-order valence-electron chi connectivity index (χ3n) is 1.08. The van der Waals surface area contributed by atoms with Gasteiger partial charge < -0.3 is 0 Å². The Kier molecular flexibility index (Phi) is 6.29. The second-order valence-corrected chi connectivity index (χ2v) is 2.66. The molecule has 1 nitrogen and oxygen atoms in total. The summed E-state index contributed by atoms with van der Waals surface area (Å²) in [7, 11) is 0. The molecule has 0 heterocycles. The van der Waals surface area contributed by atoms with Crippen LogP contribution in [0.15, 0.2) is 28.9 Å². The van der Waals surface area contributed by atoms with E-state index >= 15 is 0 Å². The summed E-state index contributed by atoms with van der Waals surface area (Å²) < 4.78 is 0. The van der Waals surface area contributed by atoms with Crippen molar-refractivity contribution in [2.24, 2.45) is 4.99 Å². The van der Waals surface area contributed by atoms with Crippen molar-refractivity contribution in [2.45, 2.75) is 6.92 Å². The zero-order valence-corrected chi connectivity index (χ0v) is 7.32. The number of allylic oxidation sites excluding steroid dienone is 2. The SMILES string of the molecule is C=N/C=C\C(=C/C)CSC. The molecule has 0 spiro atoms. The van der Waals surface area contributed by atoms with Gasteiger partial charge in [-0.3, -0.25) is 4.99 Å². The lowest BCUT2D eigenvalue weighted by Gasteiger charge is -1.94. The molecule has 0 atom stereocenters. The quantitative estimate of drug-likeness (QED) is 0.449. The second kappa shape index (κ2) is 6.62. The Labute approximate surface area is 66.9 Å². The largest absolute Gasteiger partial charge is 0.273 e. The van der Waals surface area contributed by atoms with E-state index in [2.05, 4.69) is 24.0 Å². The van der Waals surface area contributed by atoms with Gasteiger partial charge in [-0.2, -0.15) is 11.8 Å². The first-order valence-corrected chi connectivity index (χ1v) is 4.51. The van der Waals surface area contributed by atoms with E-state index in [1.165, 1.54) is 5.57 Å².